The number of aromatic nitrogens is 2. The normalized spacial score (nSPS) is 18.3. The minimum Gasteiger partial charge on any atom is -0.508 e. The van der Waals surface area contributed by atoms with Gasteiger partial charge in [-0.3, -0.25) is 4.98 Å². The first-order valence-electron chi connectivity index (χ1n) is 13.8. The van der Waals surface area contributed by atoms with Crippen LogP contribution in [0, 0.1) is 30.9 Å². The summed E-state index contributed by atoms with van der Waals surface area (Å²) in [7, 11) is 0. The molecule has 212 valence electrons. The van der Waals surface area contributed by atoms with E-state index in [1.807, 2.05) is 0 Å². The molecule has 2 atom stereocenters. The molecule has 2 unspecified atom stereocenters. The zero-order chi connectivity index (χ0) is 28.7. The van der Waals surface area contributed by atoms with Crippen LogP contribution in [0.4, 0.5) is 14.6 Å². The summed E-state index contributed by atoms with van der Waals surface area (Å²) in [5.74, 6) is 1.90. The molecule has 6 rings (SSSR count). The predicted octanol–water partition coefficient (Wildman–Crippen LogP) is 3.62. The summed E-state index contributed by atoms with van der Waals surface area (Å²) in [6.07, 6.45) is 9.39. The largest absolute Gasteiger partial charge is 0.508 e. The van der Waals surface area contributed by atoms with E-state index in [9.17, 15) is 9.50 Å². The molecule has 8 nitrogen and oxygen atoms in total. The van der Waals surface area contributed by atoms with Crippen LogP contribution in [-0.2, 0) is 0 Å². The third-order valence-corrected chi connectivity index (χ3v) is 7.94. The van der Waals surface area contributed by atoms with E-state index < -0.39 is 11.6 Å². The highest BCUT2D eigenvalue weighted by Gasteiger charge is 2.34. The third kappa shape index (κ3) is 4.90. The van der Waals surface area contributed by atoms with E-state index in [2.05, 4.69) is 26.4 Å². The number of terminal acetylenes is 1. The number of aryl methyl sites for hydroxylation is 1. The maximum atomic E-state index is 16.7. The zero-order valence-electron chi connectivity index (χ0n) is 22.7. The number of aliphatic hydroxyl groups excluding tert-OH is 1. The van der Waals surface area contributed by atoms with Crippen LogP contribution in [0.2, 0.25) is 0 Å². The van der Waals surface area contributed by atoms with Gasteiger partial charge in [0, 0.05) is 71.7 Å². The van der Waals surface area contributed by atoms with Gasteiger partial charge in [-0.2, -0.15) is 4.98 Å². The number of halogens is 2. The van der Waals surface area contributed by atoms with E-state index in [0.29, 0.717) is 64.0 Å². The first-order chi connectivity index (χ1) is 19.9. The Morgan fingerprint density at radius 1 is 1.17 bits per heavy atom. The van der Waals surface area contributed by atoms with E-state index in [-0.39, 0.29) is 35.8 Å². The van der Waals surface area contributed by atoms with Crippen molar-refractivity contribution >= 4 is 27.4 Å². The van der Waals surface area contributed by atoms with E-state index in [1.165, 1.54) is 24.3 Å². The van der Waals surface area contributed by atoms with Crippen molar-refractivity contribution in [2.75, 3.05) is 44.3 Å². The lowest BCUT2D eigenvalue weighted by molar-refractivity contribution is 0.271. The van der Waals surface area contributed by atoms with Crippen LogP contribution in [-0.4, -0.2) is 71.7 Å². The molecule has 2 fully saturated rings. The fourth-order valence-corrected chi connectivity index (χ4v) is 6.09. The highest BCUT2D eigenvalue weighted by Crippen LogP contribution is 2.41. The molecule has 2 bridgehead atoms. The number of piperazine rings is 1. The molecular formula is C31H31F2N5O3. The molecule has 0 spiro atoms. The molecule has 2 saturated heterocycles. The quantitative estimate of drug-likeness (QED) is 0.192. The molecule has 4 N–H and O–H groups in total. The number of rotatable bonds is 8. The van der Waals surface area contributed by atoms with Crippen molar-refractivity contribution in [1.82, 2.24) is 20.6 Å². The monoisotopic (exact) mass is 559 g/mol. The second-order valence-corrected chi connectivity index (χ2v) is 10.6. The molecule has 0 radical (unpaired) electrons. The van der Waals surface area contributed by atoms with Gasteiger partial charge in [0.2, 0.25) is 5.88 Å². The Balaban J connectivity index is 1.54. The van der Waals surface area contributed by atoms with Gasteiger partial charge in [0.1, 0.15) is 29.7 Å². The fourth-order valence-electron chi connectivity index (χ4n) is 6.09. The van der Waals surface area contributed by atoms with Crippen molar-refractivity contribution in [2.45, 2.75) is 31.8 Å². The lowest BCUT2D eigenvalue weighted by Gasteiger charge is -2.34. The van der Waals surface area contributed by atoms with Crippen LogP contribution in [0.1, 0.15) is 24.0 Å². The molecular weight excluding hydrogens is 528 g/mol. The number of hydrogen-bond acceptors (Lipinski definition) is 8. The van der Waals surface area contributed by atoms with Crippen molar-refractivity contribution in [3.63, 3.8) is 0 Å². The Morgan fingerprint density at radius 2 is 1.95 bits per heavy atom. The maximum absolute atomic E-state index is 16.7. The van der Waals surface area contributed by atoms with Crippen LogP contribution >= 0.6 is 0 Å². The first kappa shape index (κ1) is 27.1. The van der Waals surface area contributed by atoms with Gasteiger partial charge in [0.15, 0.2) is 5.82 Å². The Kier molecular flexibility index (Phi) is 7.34. The van der Waals surface area contributed by atoms with E-state index in [0.717, 1.165) is 25.9 Å². The number of nitrogens with one attached hydrogen (secondary N) is 2. The number of fused-ring (bicyclic) bond motifs is 4. The Bertz CT molecular complexity index is 1680. The SMILES string of the molecule is C#Cc1c(F)ccc2cc(O)cc(-c3ncc4c(N5CC6CCC(C5)N6)nc(OCCNCCO)c(C)c4c3F)c12. The molecule has 2 aromatic heterocycles. The molecule has 4 aromatic rings. The summed E-state index contributed by atoms with van der Waals surface area (Å²) in [5, 5.41) is 27.8. The lowest BCUT2D eigenvalue weighted by atomic mass is 9.95. The maximum Gasteiger partial charge on any atom is 0.219 e. The summed E-state index contributed by atoms with van der Waals surface area (Å²) >= 11 is 0. The van der Waals surface area contributed by atoms with Crippen LogP contribution in [0.5, 0.6) is 11.6 Å². The van der Waals surface area contributed by atoms with Crippen molar-refractivity contribution in [3.05, 3.63) is 53.2 Å². The molecule has 2 aromatic carbocycles. The number of phenols is 1. The highest BCUT2D eigenvalue weighted by molar-refractivity contribution is 6.04. The van der Waals surface area contributed by atoms with E-state index in [4.69, 9.17) is 21.3 Å². The standard InChI is InChI=1S/C31H31F2N5O3/c1-3-22-25(32)7-4-18-12-21(40)13-23(27(18)22)29-28(33)26-17(2)31(41-11-9-34-8-10-39)37-30(24(26)14-35-29)38-15-19-5-6-20(16-38)36-19/h1,4,7,12-14,19-20,34,36,39-40H,5-6,8-11,15-16H2,2H3. The summed E-state index contributed by atoms with van der Waals surface area (Å²) in [4.78, 5) is 11.5. The van der Waals surface area contributed by atoms with Crippen LogP contribution < -0.4 is 20.3 Å². The summed E-state index contributed by atoms with van der Waals surface area (Å²) in [5.41, 5.74) is 0.608. The zero-order valence-corrected chi connectivity index (χ0v) is 22.7. The van der Waals surface area contributed by atoms with E-state index in [1.54, 1.807) is 13.1 Å². The minimum absolute atomic E-state index is 0.0126. The van der Waals surface area contributed by atoms with Crippen molar-refractivity contribution in [3.8, 4) is 35.2 Å². The molecule has 2 aliphatic heterocycles. The number of hydrogen-bond donors (Lipinski definition) is 4. The molecule has 0 aliphatic carbocycles. The smallest absolute Gasteiger partial charge is 0.219 e. The third-order valence-electron chi connectivity index (χ3n) is 7.94. The second-order valence-electron chi connectivity index (χ2n) is 10.6. The molecule has 41 heavy (non-hydrogen) atoms. The fraction of sp³-hybridized carbons (Fsp3) is 0.355. The lowest BCUT2D eigenvalue weighted by Crippen LogP contribution is -2.51. The molecule has 4 heterocycles. The van der Waals surface area contributed by atoms with Gasteiger partial charge >= 0.3 is 0 Å². The number of phenolic OH excluding ortho intramolecular Hbond substituents is 1. The predicted molar refractivity (Wildman–Crippen MR) is 154 cm³/mol. The number of aromatic hydroxyl groups is 1. The van der Waals surface area contributed by atoms with Gasteiger partial charge in [-0.05, 0) is 43.4 Å². The summed E-state index contributed by atoms with van der Waals surface area (Å²) < 4.78 is 37.5. The Labute approximate surface area is 236 Å². The number of benzene rings is 2. The first-order valence-corrected chi connectivity index (χ1v) is 13.8. The molecule has 2 aliphatic rings. The number of nitrogens with zero attached hydrogens (tertiary/aromatic N) is 3. The van der Waals surface area contributed by atoms with Gasteiger partial charge in [-0.25, -0.2) is 8.78 Å². The topological polar surface area (TPSA) is 103 Å². The number of pyridine rings is 2. The Morgan fingerprint density at radius 3 is 2.68 bits per heavy atom. The van der Waals surface area contributed by atoms with E-state index >= 15 is 4.39 Å². The Hall–Kier alpha value is -4.04. The minimum atomic E-state index is -0.635. The van der Waals surface area contributed by atoms with Crippen LogP contribution in [0.15, 0.2) is 30.5 Å². The summed E-state index contributed by atoms with van der Waals surface area (Å²) in [6, 6.07) is 6.19. The number of anilines is 1. The average molecular weight is 560 g/mol. The second kappa shape index (κ2) is 11.1. The van der Waals surface area contributed by atoms with Gasteiger partial charge in [0.05, 0.1) is 12.2 Å². The number of ether oxygens (including phenoxy) is 1. The summed E-state index contributed by atoms with van der Waals surface area (Å²) in [6.45, 7) is 4.40. The van der Waals surface area contributed by atoms with Crippen molar-refractivity contribution in [2.24, 2.45) is 0 Å². The van der Waals surface area contributed by atoms with Gasteiger partial charge in [-0.1, -0.05) is 12.0 Å². The van der Waals surface area contributed by atoms with Gasteiger partial charge in [0.25, 0.3) is 0 Å². The van der Waals surface area contributed by atoms with Crippen LogP contribution in [0.25, 0.3) is 32.8 Å². The van der Waals surface area contributed by atoms with Gasteiger partial charge in [-0.15, -0.1) is 6.42 Å². The van der Waals surface area contributed by atoms with Crippen LogP contribution in [0.3, 0.4) is 0 Å². The molecule has 10 heteroatoms. The molecule has 0 amide bonds. The van der Waals surface area contributed by atoms with Gasteiger partial charge < -0.3 is 30.5 Å². The van der Waals surface area contributed by atoms with Crippen molar-refractivity contribution < 1.29 is 23.7 Å². The number of aliphatic hydroxyl groups is 1. The highest BCUT2D eigenvalue weighted by atomic mass is 19.1. The van der Waals surface area contributed by atoms with Crippen molar-refractivity contribution in [1.29, 1.82) is 0 Å². The average Bonchev–Trinajstić information content (AvgIpc) is 3.30. The molecule has 0 saturated carbocycles.